The molecule has 0 saturated carbocycles. The van der Waals surface area contributed by atoms with Gasteiger partial charge in [-0.25, -0.2) is 0 Å². The van der Waals surface area contributed by atoms with E-state index in [2.05, 4.69) is 26.1 Å². The van der Waals surface area contributed by atoms with Crippen molar-refractivity contribution in [3.8, 4) is 0 Å². The van der Waals surface area contributed by atoms with E-state index in [0.29, 0.717) is 11.4 Å². The number of nitrogens with one attached hydrogen (secondary N) is 1. The molecule has 0 aliphatic heterocycles. The predicted molar refractivity (Wildman–Crippen MR) is 96.6 cm³/mol. The minimum Gasteiger partial charge on any atom is -0.354 e. The molecule has 7 heteroatoms. The number of rotatable bonds is 6. The summed E-state index contributed by atoms with van der Waals surface area (Å²) >= 11 is 3.02. The molecule has 0 aliphatic carbocycles. The molecule has 0 spiro atoms. The third kappa shape index (κ3) is 7.38. The lowest BCUT2D eigenvalue weighted by atomic mass is 10.2. The van der Waals surface area contributed by atoms with Crippen LogP contribution in [-0.4, -0.2) is 27.7 Å². The molecule has 0 unspecified atom stereocenters. The van der Waals surface area contributed by atoms with E-state index in [1.807, 2.05) is 0 Å². The van der Waals surface area contributed by atoms with E-state index in [1.54, 1.807) is 25.6 Å². The van der Waals surface area contributed by atoms with Crippen molar-refractivity contribution in [1.29, 1.82) is 0 Å². The smallest absolute Gasteiger partial charge is 0.354 e. The molecule has 0 radical (unpaired) electrons. The second-order valence-corrected chi connectivity index (χ2v) is 10.5. The molecule has 1 amide bonds. The largest absolute Gasteiger partial charge is 0.416 e. The second kappa shape index (κ2) is 8.04. The average molecular weight is 380 g/mol. The van der Waals surface area contributed by atoms with Gasteiger partial charge < -0.3 is 5.32 Å². The van der Waals surface area contributed by atoms with Crippen molar-refractivity contribution in [2.75, 3.05) is 12.3 Å². The first-order chi connectivity index (χ1) is 10.8. The van der Waals surface area contributed by atoms with Gasteiger partial charge in [-0.2, -0.15) is 24.9 Å². The molecule has 0 aromatic heterocycles. The first-order valence-corrected chi connectivity index (χ1v) is 9.40. The van der Waals surface area contributed by atoms with E-state index >= 15 is 0 Å². The van der Waals surface area contributed by atoms with Crippen molar-refractivity contribution in [2.24, 2.45) is 0 Å². The Kier molecular flexibility index (Phi) is 7.11. The molecule has 1 aromatic carbocycles. The van der Waals surface area contributed by atoms with Crippen LogP contribution in [0, 0.1) is 0 Å². The first-order valence-electron chi connectivity index (χ1n) is 7.60. The van der Waals surface area contributed by atoms with E-state index < -0.39 is 16.5 Å². The van der Waals surface area contributed by atoms with Crippen LogP contribution in [0.2, 0.25) is 0 Å². The Morgan fingerprint density at radius 1 is 1.04 bits per heavy atom. The Morgan fingerprint density at radius 3 is 2.04 bits per heavy atom. The molecular formula is C17H24F3NOS2. The van der Waals surface area contributed by atoms with Crippen molar-refractivity contribution in [2.45, 2.75) is 55.2 Å². The third-order valence-electron chi connectivity index (χ3n) is 3.02. The van der Waals surface area contributed by atoms with Crippen LogP contribution in [-0.2, 0) is 11.0 Å². The number of amides is 1. The van der Waals surface area contributed by atoms with Crippen LogP contribution in [0.3, 0.4) is 0 Å². The lowest BCUT2D eigenvalue weighted by Crippen LogP contribution is -2.40. The third-order valence-corrected chi connectivity index (χ3v) is 5.50. The summed E-state index contributed by atoms with van der Waals surface area (Å²) in [6.45, 7) is 10.4. The highest BCUT2D eigenvalue weighted by molar-refractivity contribution is 8.01. The van der Waals surface area contributed by atoms with E-state index in [-0.39, 0.29) is 10.7 Å². The maximum atomic E-state index is 12.6. The Labute approximate surface area is 150 Å². The van der Waals surface area contributed by atoms with Crippen LogP contribution in [0.15, 0.2) is 29.2 Å². The summed E-state index contributed by atoms with van der Waals surface area (Å²) in [7, 11) is 0. The Balaban J connectivity index is 2.57. The van der Waals surface area contributed by atoms with E-state index in [4.69, 9.17) is 0 Å². The fraction of sp³-hybridized carbons (Fsp3) is 0.588. The number of benzene rings is 1. The lowest BCUT2D eigenvalue weighted by Gasteiger charge is -2.24. The molecule has 136 valence electrons. The lowest BCUT2D eigenvalue weighted by molar-refractivity contribution is -0.137. The Bertz CT molecular complexity index is 548. The SMILES string of the molecule is CC(C)(C)SCCNC(=O)C(C)(C)Sc1ccc(C(F)(F)F)cc1. The zero-order valence-corrected chi connectivity index (χ0v) is 16.2. The van der Waals surface area contributed by atoms with Crippen LogP contribution >= 0.6 is 23.5 Å². The number of carbonyl (C=O) groups excluding carboxylic acids is 1. The zero-order chi connectivity index (χ0) is 18.6. The molecular weight excluding hydrogens is 355 g/mol. The van der Waals surface area contributed by atoms with Gasteiger partial charge in [-0.05, 0) is 38.1 Å². The molecule has 2 nitrogen and oxygen atoms in total. The number of hydrogen-bond acceptors (Lipinski definition) is 3. The molecule has 0 bridgehead atoms. The summed E-state index contributed by atoms with van der Waals surface area (Å²) in [6, 6.07) is 4.88. The zero-order valence-electron chi connectivity index (χ0n) is 14.6. The molecule has 1 N–H and O–H groups in total. The van der Waals surface area contributed by atoms with Gasteiger partial charge in [0, 0.05) is 21.9 Å². The summed E-state index contributed by atoms with van der Waals surface area (Å²) in [4.78, 5) is 12.9. The van der Waals surface area contributed by atoms with E-state index in [1.165, 1.54) is 23.9 Å². The summed E-state index contributed by atoms with van der Waals surface area (Å²) in [5.41, 5.74) is -0.687. The first kappa shape index (κ1) is 21.2. The molecule has 0 heterocycles. The van der Waals surface area contributed by atoms with Crippen LogP contribution < -0.4 is 5.32 Å². The van der Waals surface area contributed by atoms with Crippen molar-refractivity contribution < 1.29 is 18.0 Å². The monoisotopic (exact) mass is 379 g/mol. The van der Waals surface area contributed by atoms with Gasteiger partial charge in [-0.3, -0.25) is 4.79 Å². The maximum absolute atomic E-state index is 12.6. The van der Waals surface area contributed by atoms with Crippen LogP contribution in [0.5, 0.6) is 0 Å². The highest BCUT2D eigenvalue weighted by Gasteiger charge is 2.31. The normalized spacial score (nSPS) is 13.0. The highest BCUT2D eigenvalue weighted by atomic mass is 32.2. The predicted octanol–water partition coefficient (Wildman–Crippen LogP) is 5.22. The maximum Gasteiger partial charge on any atom is 0.416 e. The molecule has 0 aliphatic rings. The summed E-state index contributed by atoms with van der Waals surface area (Å²) in [5.74, 6) is 0.693. The fourth-order valence-corrected chi connectivity index (χ4v) is 3.63. The van der Waals surface area contributed by atoms with Gasteiger partial charge in [0.2, 0.25) is 5.91 Å². The Hall–Kier alpha value is -0.820. The summed E-state index contributed by atoms with van der Waals surface area (Å²) in [6.07, 6.45) is -4.35. The topological polar surface area (TPSA) is 29.1 Å². The summed E-state index contributed by atoms with van der Waals surface area (Å²) in [5, 5.41) is 2.89. The average Bonchev–Trinajstić information content (AvgIpc) is 2.41. The van der Waals surface area contributed by atoms with Gasteiger partial charge in [0.1, 0.15) is 0 Å². The standard InChI is InChI=1S/C17H24F3NOS2/c1-15(2,3)23-11-10-21-14(22)16(4,5)24-13-8-6-12(7-9-13)17(18,19)20/h6-9H,10-11H2,1-5H3,(H,21,22). The van der Waals surface area contributed by atoms with Crippen LogP contribution in [0.4, 0.5) is 13.2 Å². The van der Waals surface area contributed by atoms with Gasteiger partial charge in [0.25, 0.3) is 0 Å². The fourth-order valence-electron chi connectivity index (χ4n) is 1.79. The van der Waals surface area contributed by atoms with Crippen LogP contribution in [0.25, 0.3) is 0 Å². The van der Waals surface area contributed by atoms with Gasteiger partial charge in [-0.1, -0.05) is 20.8 Å². The number of hydrogen-bond donors (Lipinski definition) is 1. The Morgan fingerprint density at radius 2 is 1.58 bits per heavy atom. The minimum absolute atomic E-state index is 0.123. The van der Waals surface area contributed by atoms with Gasteiger partial charge in [0.15, 0.2) is 0 Å². The van der Waals surface area contributed by atoms with Gasteiger partial charge in [0.05, 0.1) is 10.3 Å². The van der Waals surface area contributed by atoms with Crippen molar-refractivity contribution in [3.05, 3.63) is 29.8 Å². The molecule has 1 rings (SSSR count). The van der Waals surface area contributed by atoms with Crippen molar-refractivity contribution in [3.63, 3.8) is 0 Å². The van der Waals surface area contributed by atoms with E-state index in [0.717, 1.165) is 17.9 Å². The molecule has 0 saturated heterocycles. The molecule has 0 atom stereocenters. The number of carbonyl (C=O) groups is 1. The number of alkyl halides is 3. The summed E-state index contributed by atoms with van der Waals surface area (Å²) < 4.78 is 37.1. The second-order valence-electron chi connectivity index (χ2n) is 6.85. The molecule has 1 aromatic rings. The van der Waals surface area contributed by atoms with Gasteiger partial charge in [-0.15, -0.1) is 11.8 Å². The highest BCUT2D eigenvalue weighted by Crippen LogP contribution is 2.35. The molecule has 0 fully saturated rings. The minimum atomic E-state index is -4.35. The quantitative estimate of drug-likeness (QED) is 0.542. The number of halogens is 3. The van der Waals surface area contributed by atoms with Gasteiger partial charge >= 0.3 is 6.18 Å². The van der Waals surface area contributed by atoms with E-state index in [9.17, 15) is 18.0 Å². The van der Waals surface area contributed by atoms with Crippen molar-refractivity contribution in [1.82, 2.24) is 5.32 Å². The van der Waals surface area contributed by atoms with Crippen LogP contribution in [0.1, 0.15) is 40.2 Å². The number of thioether (sulfide) groups is 2. The molecule has 24 heavy (non-hydrogen) atoms. The van der Waals surface area contributed by atoms with Crippen molar-refractivity contribution >= 4 is 29.4 Å².